The molecule has 1 saturated heterocycles. The van der Waals surface area contributed by atoms with Crippen molar-refractivity contribution in [3.63, 3.8) is 0 Å². The van der Waals surface area contributed by atoms with E-state index < -0.39 is 0 Å². The molecule has 1 aliphatic heterocycles. The van der Waals surface area contributed by atoms with Crippen LogP contribution in [0.1, 0.15) is 39.5 Å². The summed E-state index contributed by atoms with van der Waals surface area (Å²) >= 11 is 0. The zero-order valence-corrected chi connectivity index (χ0v) is 12.1. The minimum atomic E-state index is 0.177. The van der Waals surface area contributed by atoms with Gasteiger partial charge in [-0.1, -0.05) is 13.8 Å². The van der Waals surface area contributed by atoms with Crippen LogP contribution in [0.15, 0.2) is 0 Å². The number of likely N-dealkylation sites (tertiary alicyclic amines) is 1. The third-order valence-electron chi connectivity index (χ3n) is 3.88. The number of nitrogens with zero attached hydrogens (tertiary/aromatic N) is 1. The first-order chi connectivity index (χ1) is 8.48. The predicted octanol–water partition coefficient (Wildman–Crippen LogP) is 1.64. The molecular weight excluding hydrogens is 228 g/mol. The Balaban J connectivity index is 2.29. The van der Waals surface area contributed by atoms with Crippen LogP contribution in [0.4, 0.5) is 0 Å². The Morgan fingerprint density at radius 1 is 1.44 bits per heavy atom. The molecule has 4 nitrogen and oxygen atoms in total. The lowest BCUT2D eigenvalue weighted by atomic mass is 9.84. The molecule has 0 aromatic carbocycles. The zero-order chi connectivity index (χ0) is 13.6. The lowest BCUT2D eigenvalue weighted by Crippen LogP contribution is -2.30. The van der Waals surface area contributed by atoms with Crippen molar-refractivity contribution in [1.82, 2.24) is 4.90 Å². The molecule has 0 spiro atoms. The van der Waals surface area contributed by atoms with Crippen LogP contribution in [0.3, 0.4) is 0 Å². The van der Waals surface area contributed by atoms with E-state index in [0.717, 1.165) is 39.0 Å². The number of amides is 1. The fourth-order valence-electron chi connectivity index (χ4n) is 2.55. The molecule has 0 aromatic heterocycles. The Bertz CT molecular complexity index is 267. The largest absolute Gasteiger partial charge is 0.384 e. The Morgan fingerprint density at radius 2 is 2.17 bits per heavy atom. The maximum atomic E-state index is 12.1. The molecule has 1 unspecified atom stereocenters. The number of rotatable bonds is 7. The maximum Gasteiger partial charge on any atom is 0.222 e. The van der Waals surface area contributed by atoms with E-state index in [1.54, 1.807) is 7.11 Å². The van der Waals surface area contributed by atoms with E-state index in [4.69, 9.17) is 10.5 Å². The fraction of sp³-hybridized carbons (Fsp3) is 0.929. The monoisotopic (exact) mass is 256 g/mol. The first-order valence-electron chi connectivity index (χ1n) is 6.95. The molecule has 0 aliphatic carbocycles. The van der Waals surface area contributed by atoms with Crippen molar-refractivity contribution < 1.29 is 9.53 Å². The summed E-state index contributed by atoms with van der Waals surface area (Å²) in [5.74, 6) is 0.815. The smallest absolute Gasteiger partial charge is 0.222 e. The minimum Gasteiger partial charge on any atom is -0.384 e. The highest BCUT2D eigenvalue weighted by Crippen LogP contribution is 2.27. The van der Waals surface area contributed by atoms with E-state index in [2.05, 4.69) is 13.8 Å². The SMILES string of the molecule is COCC1CCN(C(=O)CCC(C)(C)CCN)C1. The van der Waals surface area contributed by atoms with Crippen LogP contribution in [-0.4, -0.2) is 44.2 Å². The molecule has 106 valence electrons. The van der Waals surface area contributed by atoms with Crippen LogP contribution in [-0.2, 0) is 9.53 Å². The van der Waals surface area contributed by atoms with E-state index in [9.17, 15) is 4.79 Å². The fourth-order valence-corrected chi connectivity index (χ4v) is 2.55. The summed E-state index contributed by atoms with van der Waals surface area (Å²) in [6.07, 6.45) is 3.62. The lowest BCUT2D eigenvalue weighted by molar-refractivity contribution is -0.130. The van der Waals surface area contributed by atoms with E-state index in [-0.39, 0.29) is 5.41 Å². The van der Waals surface area contributed by atoms with Gasteiger partial charge in [0.15, 0.2) is 0 Å². The predicted molar refractivity (Wildman–Crippen MR) is 73.2 cm³/mol. The first kappa shape index (κ1) is 15.4. The molecule has 1 heterocycles. The van der Waals surface area contributed by atoms with Crippen molar-refractivity contribution in [2.45, 2.75) is 39.5 Å². The molecule has 0 radical (unpaired) electrons. The third kappa shape index (κ3) is 4.94. The number of hydrogen-bond donors (Lipinski definition) is 1. The van der Waals surface area contributed by atoms with Crippen LogP contribution in [0.2, 0.25) is 0 Å². The van der Waals surface area contributed by atoms with Crippen molar-refractivity contribution in [1.29, 1.82) is 0 Å². The second kappa shape index (κ2) is 7.10. The van der Waals surface area contributed by atoms with Gasteiger partial charge in [0, 0.05) is 32.5 Å². The summed E-state index contributed by atoms with van der Waals surface area (Å²) in [6.45, 7) is 7.59. The van der Waals surface area contributed by atoms with Crippen molar-refractivity contribution in [2.75, 3.05) is 33.4 Å². The Labute approximate surface area is 111 Å². The number of hydrogen-bond acceptors (Lipinski definition) is 3. The minimum absolute atomic E-state index is 0.177. The highest BCUT2D eigenvalue weighted by atomic mass is 16.5. The van der Waals surface area contributed by atoms with E-state index >= 15 is 0 Å². The second-order valence-corrected chi connectivity index (χ2v) is 6.15. The Hall–Kier alpha value is -0.610. The van der Waals surface area contributed by atoms with Gasteiger partial charge >= 0.3 is 0 Å². The molecule has 0 aromatic rings. The molecule has 1 rings (SSSR count). The molecule has 1 atom stereocenters. The van der Waals surface area contributed by atoms with Gasteiger partial charge in [-0.15, -0.1) is 0 Å². The number of carbonyl (C=O) groups is 1. The molecule has 4 heteroatoms. The molecule has 0 bridgehead atoms. The van der Waals surface area contributed by atoms with Gasteiger partial charge in [-0.3, -0.25) is 4.79 Å². The summed E-state index contributed by atoms with van der Waals surface area (Å²) < 4.78 is 5.15. The Kier molecular flexibility index (Phi) is 6.09. The zero-order valence-electron chi connectivity index (χ0n) is 12.1. The van der Waals surface area contributed by atoms with Crippen molar-refractivity contribution in [2.24, 2.45) is 17.1 Å². The number of methoxy groups -OCH3 is 1. The molecular formula is C14H28N2O2. The maximum absolute atomic E-state index is 12.1. The summed E-state index contributed by atoms with van der Waals surface area (Å²) in [7, 11) is 1.72. The summed E-state index contributed by atoms with van der Waals surface area (Å²) in [5.41, 5.74) is 5.76. The highest BCUT2D eigenvalue weighted by Gasteiger charge is 2.27. The van der Waals surface area contributed by atoms with Gasteiger partial charge in [-0.25, -0.2) is 0 Å². The van der Waals surface area contributed by atoms with E-state index in [0.29, 0.717) is 24.8 Å². The van der Waals surface area contributed by atoms with Crippen molar-refractivity contribution >= 4 is 5.91 Å². The van der Waals surface area contributed by atoms with Crippen molar-refractivity contribution in [3.8, 4) is 0 Å². The van der Waals surface area contributed by atoms with Gasteiger partial charge in [0.2, 0.25) is 5.91 Å². The van der Waals surface area contributed by atoms with Gasteiger partial charge in [0.05, 0.1) is 6.61 Å². The van der Waals surface area contributed by atoms with Gasteiger partial charge in [-0.2, -0.15) is 0 Å². The van der Waals surface area contributed by atoms with Crippen LogP contribution in [0.5, 0.6) is 0 Å². The van der Waals surface area contributed by atoms with E-state index in [1.165, 1.54) is 0 Å². The van der Waals surface area contributed by atoms with Crippen LogP contribution in [0.25, 0.3) is 0 Å². The van der Waals surface area contributed by atoms with Gasteiger partial charge in [0.1, 0.15) is 0 Å². The molecule has 1 aliphatic rings. The normalized spacial score (nSPS) is 20.4. The first-order valence-corrected chi connectivity index (χ1v) is 6.95. The topological polar surface area (TPSA) is 55.6 Å². The van der Waals surface area contributed by atoms with Gasteiger partial charge in [0.25, 0.3) is 0 Å². The molecule has 18 heavy (non-hydrogen) atoms. The van der Waals surface area contributed by atoms with Crippen molar-refractivity contribution in [3.05, 3.63) is 0 Å². The average Bonchev–Trinajstić information content (AvgIpc) is 2.75. The van der Waals surface area contributed by atoms with Gasteiger partial charge in [-0.05, 0) is 31.2 Å². The molecule has 1 fully saturated rings. The quantitative estimate of drug-likeness (QED) is 0.753. The number of nitrogens with two attached hydrogens (primary N) is 1. The van der Waals surface area contributed by atoms with Crippen LogP contribution < -0.4 is 5.73 Å². The molecule has 1 amide bonds. The summed E-state index contributed by atoms with van der Waals surface area (Å²) in [4.78, 5) is 14.1. The molecule has 2 N–H and O–H groups in total. The van der Waals surface area contributed by atoms with Gasteiger partial charge < -0.3 is 15.4 Å². The van der Waals surface area contributed by atoms with Crippen LogP contribution in [0, 0.1) is 11.3 Å². The molecule has 0 saturated carbocycles. The van der Waals surface area contributed by atoms with E-state index in [1.807, 2.05) is 4.90 Å². The Morgan fingerprint density at radius 3 is 2.78 bits per heavy atom. The summed E-state index contributed by atoms with van der Waals surface area (Å²) in [6, 6.07) is 0. The lowest BCUT2D eigenvalue weighted by Gasteiger charge is -2.25. The third-order valence-corrected chi connectivity index (χ3v) is 3.88. The van der Waals surface area contributed by atoms with Crippen LogP contribution >= 0.6 is 0 Å². The number of ether oxygens (including phenoxy) is 1. The standard InChI is InChI=1S/C14H28N2O2/c1-14(2,7-8-15)6-4-13(17)16-9-5-12(10-16)11-18-3/h12H,4-11,15H2,1-3H3. The summed E-state index contributed by atoms with van der Waals surface area (Å²) in [5, 5.41) is 0. The second-order valence-electron chi connectivity index (χ2n) is 6.15. The highest BCUT2D eigenvalue weighted by molar-refractivity contribution is 5.76. The average molecular weight is 256 g/mol. The number of carbonyl (C=O) groups excluding carboxylic acids is 1.